The molecule has 2 rings (SSSR count). The van der Waals surface area contributed by atoms with Gasteiger partial charge in [0.05, 0.1) is 18.4 Å². The van der Waals surface area contributed by atoms with E-state index in [1.807, 2.05) is 0 Å². The number of rotatable bonds is 7. The van der Waals surface area contributed by atoms with Crippen molar-refractivity contribution in [2.45, 2.75) is 26.1 Å². The zero-order chi connectivity index (χ0) is 16.5. The van der Waals surface area contributed by atoms with Crippen molar-refractivity contribution in [1.29, 1.82) is 0 Å². The Morgan fingerprint density at radius 3 is 2.65 bits per heavy atom. The van der Waals surface area contributed by atoms with Crippen LogP contribution in [0.1, 0.15) is 13.8 Å². The first-order valence-electron chi connectivity index (χ1n) is 8.03. The van der Waals surface area contributed by atoms with Gasteiger partial charge in [0.15, 0.2) is 0 Å². The molecule has 0 spiro atoms. The smallest absolute Gasteiger partial charge is 0.314 e. The molecule has 1 aliphatic heterocycles. The minimum atomic E-state index is -0.152. The Hall–Kier alpha value is -1.93. The second-order valence-corrected chi connectivity index (χ2v) is 5.72. The lowest BCUT2D eigenvalue weighted by Crippen LogP contribution is -2.48. The SMILES string of the molecule is C[C@H]1CN(CCNC(=O)NCCNc2cnccn2)C[C@H](C)O1. The summed E-state index contributed by atoms with van der Waals surface area (Å²) in [6, 6.07) is -0.152. The van der Waals surface area contributed by atoms with Crippen molar-refractivity contribution in [3.8, 4) is 0 Å². The molecule has 8 heteroatoms. The molecule has 1 saturated heterocycles. The summed E-state index contributed by atoms with van der Waals surface area (Å²) in [5, 5.41) is 8.75. The molecule has 0 saturated carbocycles. The molecular formula is C15H26N6O2. The first kappa shape index (κ1) is 17.4. The zero-order valence-corrected chi connectivity index (χ0v) is 13.8. The van der Waals surface area contributed by atoms with Crippen LogP contribution in [-0.4, -0.2) is 72.4 Å². The molecule has 2 atom stereocenters. The minimum Gasteiger partial charge on any atom is -0.373 e. The van der Waals surface area contributed by atoms with Gasteiger partial charge in [-0.05, 0) is 13.8 Å². The van der Waals surface area contributed by atoms with Crippen LogP contribution in [0, 0.1) is 0 Å². The fourth-order valence-corrected chi connectivity index (χ4v) is 2.61. The molecule has 0 unspecified atom stereocenters. The number of morpholine rings is 1. The summed E-state index contributed by atoms with van der Waals surface area (Å²) >= 11 is 0. The Bertz CT molecular complexity index is 462. The fourth-order valence-electron chi connectivity index (χ4n) is 2.61. The molecule has 2 amide bonds. The van der Waals surface area contributed by atoms with E-state index in [4.69, 9.17) is 4.74 Å². The molecular weight excluding hydrogens is 296 g/mol. The van der Waals surface area contributed by atoms with Gasteiger partial charge < -0.3 is 20.7 Å². The molecule has 0 aromatic carbocycles. The molecule has 23 heavy (non-hydrogen) atoms. The van der Waals surface area contributed by atoms with Gasteiger partial charge in [-0.25, -0.2) is 9.78 Å². The Balaban J connectivity index is 1.51. The molecule has 0 aliphatic carbocycles. The van der Waals surface area contributed by atoms with Crippen molar-refractivity contribution in [2.75, 3.05) is 44.6 Å². The van der Waals surface area contributed by atoms with E-state index >= 15 is 0 Å². The first-order valence-corrected chi connectivity index (χ1v) is 8.03. The Labute approximate surface area is 137 Å². The van der Waals surface area contributed by atoms with E-state index in [0.29, 0.717) is 25.5 Å². The number of anilines is 1. The summed E-state index contributed by atoms with van der Waals surface area (Å²) < 4.78 is 5.69. The van der Waals surface area contributed by atoms with Crippen LogP contribution in [0.3, 0.4) is 0 Å². The van der Waals surface area contributed by atoms with E-state index in [1.165, 1.54) is 0 Å². The summed E-state index contributed by atoms with van der Waals surface area (Å²) in [6.07, 6.45) is 5.38. The van der Waals surface area contributed by atoms with Gasteiger partial charge in [-0.2, -0.15) is 0 Å². The topological polar surface area (TPSA) is 91.4 Å². The van der Waals surface area contributed by atoms with E-state index < -0.39 is 0 Å². The van der Waals surface area contributed by atoms with Crippen LogP contribution in [-0.2, 0) is 4.74 Å². The molecule has 1 aromatic heterocycles. The third-order valence-corrected chi connectivity index (χ3v) is 3.49. The second kappa shape index (κ2) is 9.26. The standard InChI is InChI=1S/C15H26N6O2/c1-12-10-21(11-13(2)23-12)8-7-20-15(22)19-6-5-18-14-9-16-3-4-17-14/h3-4,9,12-13H,5-8,10-11H2,1-2H3,(H,17,18)(H2,19,20,22)/t12-,13-/m0/s1. The Kier molecular flexibility index (Phi) is 7.02. The lowest BCUT2D eigenvalue weighted by atomic mass is 10.2. The largest absolute Gasteiger partial charge is 0.373 e. The number of nitrogens with one attached hydrogen (secondary N) is 3. The van der Waals surface area contributed by atoms with E-state index in [0.717, 1.165) is 19.6 Å². The van der Waals surface area contributed by atoms with Gasteiger partial charge in [-0.15, -0.1) is 0 Å². The molecule has 2 heterocycles. The average Bonchev–Trinajstić information content (AvgIpc) is 2.52. The van der Waals surface area contributed by atoms with E-state index in [1.54, 1.807) is 18.6 Å². The van der Waals surface area contributed by atoms with Gasteiger partial charge in [-0.1, -0.05) is 0 Å². The van der Waals surface area contributed by atoms with Crippen LogP contribution < -0.4 is 16.0 Å². The highest BCUT2D eigenvalue weighted by atomic mass is 16.5. The number of aromatic nitrogens is 2. The number of amides is 2. The fraction of sp³-hybridized carbons (Fsp3) is 0.667. The highest BCUT2D eigenvalue weighted by Gasteiger charge is 2.21. The van der Waals surface area contributed by atoms with Gasteiger partial charge in [0, 0.05) is 51.7 Å². The van der Waals surface area contributed by atoms with Gasteiger partial charge in [-0.3, -0.25) is 9.88 Å². The summed E-state index contributed by atoms with van der Waals surface area (Å²) in [6.45, 7) is 8.57. The summed E-state index contributed by atoms with van der Waals surface area (Å²) in [4.78, 5) is 22.1. The predicted molar refractivity (Wildman–Crippen MR) is 88.4 cm³/mol. The number of hydrogen-bond donors (Lipinski definition) is 3. The first-order chi connectivity index (χ1) is 11.1. The van der Waals surface area contributed by atoms with E-state index in [9.17, 15) is 4.79 Å². The quantitative estimate of drug-likeness (QED) is 0.625. The molecule has 1 aromatic rings. The lowest BCUT2D eigenvalue weighted by molar-refractivity contribution is -0.0672. The number of carbonyl (C=O) groups excluding carboxylic acids is 1. The number of urea groups is 1. The normalized spacial score (nSPS) is 21.7. The monoisotopic (exact) mass is 322 g/mol. The third kappa shape index (κ3) is 6.79. The number of carbonyl (C=O) groups is 1. The summed E-state index contributed by atoms with van der Waals surface area (Å²) in [7, 11) is 0. The zero-order valence-electron chi connectivity index (χ0n) is 13.8. The summed E-state index contributed by atoms with van der Waals surface area (Å²) in [5.74, 6) is 0.699. The van der Waals surface area contributed by atoms with Crippen LogP contribution in [0.5, 0.6) is 0 Å². The highest BCUT2D eigenvalue weighted by Crippen LogP contribution is 2.09. The van der Waals surface area contributed by atoms with Gasteiger partial charge in [0.1, 0.15) is 5.82 Å². The van der Waals surface area contributed by atoms with Crippen LogP contribution in [0.2, 0.25) is 0 Å². The maximum atomic E-state index is 11.7. The van der Waals surface area contributed by atoms with E-state index in [2.05, 4.69) is 44.7 Å². The Morgan fingerprint density at radius 1 is 1.22 bits per heavy atom. The highest BCUT2D eigenvalue weighted by molar-refractivity contribution is 5.73. The maximum absolute atomic E-state index is 11.7. The Morgan fingerprint density at radius 2 is 1.96 bits per heavy atom. The van der Waals surface area contributed by atoms with Crippen LogP contribution in [0.15, 0.2) is 18.6 Å². The number of ether oxygens (including phenoxy) is 1. The van der Waals surface area contributed by atoms with Crippen molar-refractivity contribution in [1.82, 2.24) is 25.5 Å². The van der Waals surface area contributed by atoms with Crippen molar-refractivity contribution in [3.63, 3.8) is 0 Å². The van der Waals surface area contributed by atoms with Crippen LogP contribution in [0.25, 0.3) is 0 Å². The lowest BCUT2D eigenvalue weighted by Gasteiger charge is -2.35. The molecule has 8 nitrogen and oxygen atoms in total. The van der Waals surface area contributed by atoms with Crippen LogP contribution >= 0.6 is 0 Å². The molecule has 3 N–H and O–H groups in total. The van der Waals surface area contributed by atoms with Gasteiger partial charge in [0.25, 0.3) is 0 Å². The van der Waals surface area contributed by atoms with Crippen LogP contribution in [0.4, 0.5) is 10.6 Å². The van der Waals surface area contributed by atoms with E-state index in [-0.39, 0.29) is 18.2 Å². The minimum absolute atomic E-state index is 0.152. The number of nitrogens with zero attached hydrogens (tertiary/aromatic N) is 3. The molecule has 1 fully saturated rings. The molecule has 128 valence electrons. The molecule has 0 radical (unpaired) electrons. The van der Waals surface area contributed by atoms with Crippen molar-refractivity contribution < 1.29 is 9.53 Å². The van der Waals surface area contributed by atoms with Crippen molar-refractivity contribution in [3.05, 3.63) is 18.6 Å². The summed E-state index contributed by atoms with van der Waals surface area (Å²) in [5.41, 5.74) is 0. The van der Waals surface area contributed by atoms with Gasteiger partial charge >= 0.3 is 6.03 Å². The predicted octanol–water partition coefficient (Wildman–Crippen LogP) is 0.297. The maximum Gasteiger partial charge on any atom is 0.314 e. The van der Waals surface area contributed by atoms with Crippen molar-refractivity contribution >= 4 is 11.8 Å². The van der Waals surface area contributed by atoms with Gasteiger partial charge in [0.2, 0.25) is 0 Å². The second-order valence-electron chi connectivity index (χ2n) is 5.72. The van der Waals surface area contributed by atoms with Crippen molar-refractivity contribution in [2.24, 2.45) is 0 Å². The average molecular weight is 322 g/mol. The molecule has 0 bridgehead atoms. The molecule has 1 aliphatic rings. The third-order valence-electron chi connectivity index (χ3n) is 3.49. The number of hydrogen-bond acceptors (Lipinski definition) is 6.